The van der Waals surface area contributed by atoms with Crippen LogP contribution in [-0.4, -0.2) is 62.4 Å². The summed E-state index contributed by atoms with van der Waals surface area (Å²) in [7, 11) is -10.3. The van der Waals surface area contributed by atoms with Crippen LogP contribution in [-0.2, 0) is 42.5 Å². The van der Waals surface area contributed by atoms with Crippen molar-refractivity contribution in [3.05, 3.63) is 0 Å². The molecule has 0 bridgehead atoms. The molecule has 0 saturated carbocycles. The van der Waals surface area contributed by atoms with E-state index in [4.69, 9.17) is 35.0 Å². The molecule has 13 nitrogen and oxygen atoms in total. The summed E-state index contributed by atoms with van der Waals surface area (Å²) in [5.74, 6) is 0. The Labute approximate surface area is 105 Å². The van der Waals surface area contributed by atoms with Crippen molar-refractivity contribution in [2.24, 2.45) is 0 Å². The molecular formula is H10O13S2Ti. The van der Waals surface area contributed by atoms with Crippen LogP contribution in [0.25, 0.3) is 0 Å². The van der Waals surface area contributed by atoms with Crippen LogP contribution < -0.4 is 0 Å². The van der Waals surface area contributed by atoms with Crippen LogP contribution in [0.2, 0.25) is 0 Å². The number of hydrogen-bond donors (Lipinski definition) is 0. The predicted octanol–water partition coefficient (Wildman–Crippen LogP) is -6.80. The number of rotatable bonds is 0. The van der Waals surface area contributed by atoms with Gasteiger partial charge < -0.3 is 45.6 Å². The summed E-state index contributed by atoms with van der Waals surface area (Å²) in [6.45, 7) is 0. The molecule has 0 heterocycles. The molecule has 0 spiro atoms. The van der Waals surface area contributed by atoms with Gasteiger partial charge >= 0.3 is 21.7 Å². The molecule has 0 aliphatic rings. The maximum atomic E-state index is 8.52. The Hall–Kier alpha value is 0.254. The largest absolute Gasteiger partial charge is 4.00 e. The molecule has 0 fully saturated rings. The average Bonchev–Trinajstić information content (AvgIpc) is 1.12. The Bertz CT molecular complexity index is 210. The number of hydrogen-bond acceptors (Lipinski definition) is 8. The monoisotopic (exact) mass is 330 g/mol. The fraction of sp³-hybridized carbons (Fsp3) is 0. The minimum Gasteiger partial charge on any atom is -0.759 e. The summed E-state index contributed by atoms with van der Waals surface area (Å²) < 4.78 is 68.2. The smallest absolute Gasteiger partial charge is 0.759 e. The first kappa shape index (κ1) is 55.5. The maximum absolute atomic E-state index is 8.52. The van der Waals surface area contributed by atoms with E-state index in [0.29, 0.717) is 0 Å². The molecule has 10 N–H and O–H groups in total. The second-order valence-corrected chi connectivity index (χ2v) is 2.45. The van der Waals surface area contributed by atoms with Crippen LogP contribution in [0.1, 0.15) is 0 Å². The van der Waals surface area contributed by atoms with Crippen molar-refractivity contribution in [1.82, 2.24) is 0 Å². The van der Waals surface area contributed by atoms with Gasteiger partial charge in [-0.2, -0.15) is 0 Å². The standard InChI is InChI=1S/2H2O4S.5H2O.Ti/c2*1-5(2,3)4;;;;;;/h2*(H2,1,2,3,4);5*1H2;/q;;;;;;;+4/p-4. The zero-order valence-corrected chi connectivity index (χ0v) is 10.3. The molecule has 0 aliphatic heterocycles. The van der Waals surface area contributed by atoms with Gasteiger partial charge in [-0.1, -0.05) is 0 Å². The van der Waals surface area contributed by atoms with Gasteiger partial charge in [-0.15, -0.1) is 0 Å². The predicted molar refractivity (Wildman–Crippen MR) is 39.0 cm³/mol. The minimum absolute atomic E-state index is 0. The zero-order valence-electron chi connectivity index (χ0n) is 7.08. The molecular weight excluding hydrogens is 320 g/mol. The van der Waals surface area contributed by atoms with E-state index in [1.165, 1.54) is 0 Å². The molecule has 104 valence electrons. The molecule has 0 atom stereocenters. The van der Waals surface area contributed by atoms with Gasteiger partial charge in [0.25, 0.3) is 0 Å². The molecule has 0 amide bonds. The van der Waals surface area contributed by atoms with Gasteiger partial charge in [0.2, 0.25) is 0 Å². The molecule has 0 rings (SSSR count). The summed E-state index contributed by atoms with van der Waals surface area (Å²) in [4.78, 5) is 0. The zero-order chi connectivity index (χ0) is 9.00. The normalized spacial score (nSPS) is 7.25. The summed E-state index contributed by atoms with van der Waals surface area (Å²) in [6, 6.07) is 0. The van der Waals surface area contributed by atoms with Crippen LogP contribution in [0.15, 0.2) is 0 Å². The third kappa shape index (κ3) is 38700. The van der Waals surface area contributed by atoms with Gasteiger partial charge in [-0.25, -0.2) is 0 Å². The fourth-order valence-electron chi connectivity index (χ4n) is 0. The first-order valence-electron chi connectivity index (χ1n) is 1.33. The van der Waals surface area contributed by atoms with Gasteiger partial charge in [-0.05, 0) is 0 Å². The third-order valence-electron chi connectivity index (χ3n) is 0. The van der Waals surface area contributed by atoms with E-state index in [1.807, 2.05) is 0 Å². The van der Waals surface area contributed by atoms with Crippen molar-refractivity contribution in [2.75, 3.05) is 0 Å². The van der Waals surface area contributed by atoms with E-state index in [1.54, 1.807) is 0 Å². The first-order valence-corrected chi connectivity index (χ1v) is 4.00. The summed E-state index contributed by atoms with van der Waals surface area (Å²) in [5.41, 5.74) is 0. The Kier molecular flexibility index (Phi) is 71.6. The molecule has 0 unspecified atom stereocenters. The summed E-state index contributed by atoms with van der Waals surface area (Å²) >= 11 is 0. The summed E-state index contributed by atoms with van der Waals surface area (Å²) in [5, 5.41) is 0. The van der Waals surface area contributed by atoms with E-state index < -0.39 is 20.8 Å². The molecule has 16 heavy (non-hydrogen) atoms. The Balaban J connectivity index is -0.00000000970. The quantitative estimate of drug-likeness (QED) is 0.232. The second kappa shape index (κ2) is 20.6. The molecule has 0 saturated heterocycles. The van der Waals surface area contributed by atoms with Crippen LogP contribution in [0.3, 0.4) is 0 Å². The van der Waals surface area contributed by atoms with Crippen molar-refractivity contribution >= 4 is 20.8 Å². The van der Waals surface area contributed by atoms with E-state index in [2.05, 4.69) is 0 Å². The van der Waals surface area contributed by atoms with Crippen LogP contribution in [0, 0.1) is 0 Å². The average molecular weight is 330 g/mol. The van der Waals surface area contributed by atoms with Crippen LogP contribution in [0.4, 0.5) is 0 Å². The SMILES string of the molecule is O.O.O.O.O.O=S(=O)([O-])[O-].O=S(=O)([O-])[O-].[Ti+4]. The van der Waals surface area contributed by atoms with Gasteiger partial charge in [0.1, 0.15) is 0 Å². The van der Waals surface area contributed by atoms with Crippen LogP contribution in [0.5, 0.6) is 0 Å². The van der Waals surface area contributed by atoms with E-state index in [-0.39, 0.29) is 49.1 Å². The second-order valence-electron chi connectivity index (χ2n) is 0.816. The maximum Gasteiger partial charge on any atom is 4.00 e. The Morgan fingerprint density at radius 3 is 0.500 bits per heavy atom. The summed E-state index contributed by atoms with van der Waals surface area (Å²) in [6.07, 6.45) is 0. The first-order chi connectivity index (χ1) is 4.00. The molecule has 16 heteroatoms. The third-order valence-corrected chi connectivity index (χ3v) is 0. The van der Waals surface area contributed by atoms with Gasteiger partial charge in [0, 0.05) is 20.8 Å². The minimum atomic E-state index is -5.17. The Morgan fingerprint density at radius 2 is 0.500 bits per heavy atom. The van der Waals surface area contributed by atoms with E-state index in [9.17, 15) is 0 Å². The van der Waals surface area contributed by atoms with Crippen molar-refractivity contribution in [3.8, 4) is 0 Å². The topological polar surface area (TPSA) is 318 Å². The molecule has 0 aromatic carbocycles. The molecule has 0 aromatic rings. The van der Waals surface area contributed by atoms with Crippen LogP contribution >= 0.6 is 0 Å². The van der Waals surface area contributed by atoms with Gasteiger partial charge in [0.05, 0.1) is 0 Å². The van der Waals surface area contributed by atoms with Crippen molar-refractivity contribution < 1.29 is 84.1 Å². The van der Waals surface area contributed by atoms with Gasteiger partial charge in [-0.3, -0.25) is 16.8 Å². The van der Waals surface area contributed by atoms with Crippen molar-refractivity contribution in [2.45, 2.75) is 0 Å². The molecule has 0 aliphatic carbocycles. The van der Waals surface area contributed by atoms with Crippen molar-refractivity contribution in [3.63, 3.8) is 0 Å². The molecule has 0 radical (unpaired) electrons. The van der Waals surface area contributed by atoms with Crippen molar-refractivity contribution in [1.29, 1.82) is 0 Å². The van der Waals surface area contributed by atoms with E-state index >= 15 is 0 Å². The van der Waals surface area contributed by atoms with Gasteiger partial charge in [0.15, 0.2) is 0 Å². The fourth-order valence-corrected chi connectivity index (χ4v) is 0. The molecule has 0 aromatic heterocycles. The Morgan fingerprint density at radius 1 is 0.500 bits per heavy atom. The van der Waals surface area contributed by atoms with E-state index in [0.717, 1.165) is 0 Å².